The smallest absolute Gasteiger partial charge is 0.144 e. The number of hydrogen-bond donors (Lipinski definition) is 1. The molecule has 0 aliphatic carbocycles. The highest BCUT2D eigenvalue weighted by Crippen LogP contribution is 2.21. The Labute approximate surface area is 115 Å². The second-order valence-electron chi connectivity index (χ2n) is 5.99. The minimum absolute atomic E-state index is 0.140. The summed E-state index contributed by atoms with van der Waals surface area (Å²) in [6.07, 6.45) is 1.77. The van der Waals surface area contributed by atoms with Crippen molar-refractivity contribution >= 4 is 11.6 Å². The standard InChI is InChI=1S/C15H23ClFN/c1-11(8-9-18-15(2,3)4)10-12-6-5-7-13(16)14(12)17/h5-7,11,18H,8-10H2,1-4H3. The quantitative estimate of drug-likeness (QED) is 0.835. The Hall–Kier alpha value is -0.600. The van der Waals surface area contributed by atoms with E-state index in [4.69, 9.17) is 11.6 Å². The molecule has 1 aromatic carbocycles. The van der Waals surface area contributed by atoms with Gasteiger partial charge in [-0.1, -0.05) is 30.7 Å². The van der Waals surface area contributed by atoms with Crippen molar-refractivity contribution in [3.05, 3.63) is 34.6 Å². The van der Waals surface area contributed by atoms with Crippen LogP contribution in [0.5, 0.6) is 0 Å². The van der Waals surface area contributed by atoms with Crippen LogP contribution in [-0.4, -0.2) is 12.1 Å². The van der Waals surface area contributed by atoms with E-state index in [0.717, 1.165) is 19.4 Å². The van der Waals surface area contributed by atoms with Crippen molar-refractivity contribution in [3.63, 3.8) is 0 Å². The molecule has 0 aliphatic rings. The maximum Gasteiger partial charge on any atom is 0.144 e. The van der Waals surface area contributed by atoms with Crippen LogP contribution in [0.25, 0.3) is 0 Å². The summed E-state index contributed by atoms with van der Waals surface area (Å²) in [5.74, 6) is 0.169. The van der Waals surface area contributed by atoms with Crippen LogP contribution in [0, 0.1) is 11.7 Å². The molecule has 1 atom stereocenters. The largest absolute Gasteiger partial charge is 0.312 e. The van der Waals surface area contributed by atoms with Gasteiger partial charge in [0.1, 0.15) is 5.82 Å². The molecule has 0 amide bonds. The Morgan fingerprint density at radius 1 is 1.33 bits per heavy atom. The van der Waals surface area contributed by atoms with Gasteiger partial charge in [0, 0.05) is 5.54 Å². The summed E-state index contributed by atoms with van der Waals surface area (Å²) >= 11 is 5.77. The van der Waals surface area contributed by atoms with Gasteiger partial charge < -0.3 is 5.32 Å². The Kier molecular flexibility index (Phi) is 5.61. The average Bonchev–Trinajstić information content (AvgIpc) is 2.23. The van der Waals surface area contributed by atoms with E-state index >= 15 is 0 Å². The van der Waals surface area contributed by atoms with Crippen molar-refractivity contribution in [1.29, 1.82) is 0 Å². The lowest BCUT2D eigenvalue weighted by Gasteiger charge is -2.22. The highest BCUT2D eigenvalue weighted by molar-refractivity contribution is 6.30. The van der Waals surface area contributed by atoms with E-state index in [1.807, 2.05) is 6.07 Å². The van der Waals surface area contributed by atoms with Crippen LogP contribution in [0.2, 0.25) is 5.02 Å². The van der Waals surface area contributed by atoms with Gasteiger partial charge in [0.05, 0.1) is 5.02 Å². The normalized spacial score (nSPS) is 13.7. The molecule has 1 nitrogen and oxygen atoms in total. The third-order valence-electron chi connectivity index (χ3n) is 2.89. The number of benzene rings is 1. The lowest BCUT2D eigenvalue weighted by molar-refractivity contribution is 0.392. The van der Waals surface area contributed by atoms with Crippen LogP contribution >= 0.6 is 11.6 Å². The van der Waals surface area contributed by atoms with E-state index in [-0.39, 0.29) is 16.4 Å². The summed E-state index contributed by atoms with van der Waals surface area (Å²) in [6.45, 7) is 9.54. The van der Waals surface area contributed by atoms with Gasteiger partial charge >= 0.3 is 0 Å². The Bertz CT molecular complexity index is 385. The van der Waals surface area contributed by atoms with Gasteiger partial charge in [-0.25, -0.2) is 4.39 Å². The van der Waals surface area contributed by atoms with E-state index in [1.54, 1.807) is 12.1 Å². The van der Waals surface area contributed by atoms with Crippen molar-refractivity contribution in [2.24, 2.45) is 5.92 Å². The molecular weight excluding hydrogens is 249 g/mol. The van der Waals surface area contributed by atoms with Gasteiger partial charge in [0.2, 0.25) is 0 Å². The number of halogens is 2. The summed E-state index contributed by atoms with van der Waals surface area (Å²) in [5, 5.41) is 3.66. The summed E-state index contributed by atoms with van der Waals surface area (Å²) < 4.78 is 13.7. The highest BCUT2D eigenvalue weighted by Gasteiger charge is 2.12. The van der Waals surface area contributed by atoms with Crippen LogP contribution in [0.3, 0.4) is 0 Å². The second-order valence-corrected chi connectivity index (χ2v) is 6.39. The molecule has 0 radical (unpaired) electrons. The van der Waals surface area contributed by atoms with Crippen molar-refractivity contribution in [2.75, 3.05) is 6.54 Å². The number of nitrogens with one attached hydrogen (secondary N) is 1. The SMILES string of the molecule is CC(CCNC(C)(C)C)Cc1cccc(Cl)c1F. The molecule has 0 aliphatic heterocycles. The Morgan fingerprint density at radius 3 is 2.61 bits per heavy atom. The monoisotopic (exact) mass is 271 g/mol. The van der Waals surface area contributed by atoms with E-state index in [9.17, 15) is 4.39 Å². The molecule has 0 aromatic heterocycles. The van der Waals surface area contributed by atoms with Gasteiger partial charge in [-0.15, -0.1) is 0 Å². The van der Waals surface area contributed by atoms with Crippen molar-refractivity contribution in [3.8, 4) is 0 Å². The van der Waals surface area contributed by atoms with E-state index < -0.39 is 0 Å². The molecule has 0 spiro atoms. The molecule has 1 aromatic rings. The second kappa shape index (κ2) is 6.53. The van der Waals surface area contributed by atoms with Gasteiger partial charge in [0.25, 0.3) is 0 Å². The van der Waals surface area contributed by atoms with E-state index in [0.29, 0.717) is 11.5 Å². The number of rotatable bonds is 5. The summed E-state index contributed by atoms with van der Waals surface area (Å²) in [6, 6.07) is 5.21. The Morgan fingerprint density at radius 2 is 2.00 bits per heavy atom. The van der Waals surface area contributed by atoms with Crippen LogP contribution in [0.15, 0.2) is 18.2 Å². The number of hydrogen-bond acceptors (Lipinski definition) is 1. The molecule has 1 rings (SSSR count). The van der Waals surface area contributed by atoms with Gasteiger partial charge in [-0.2, -0.15) is 0 Å². The van der Waals surface area contributed by atoms with Gasteiger partial charge in [-0.05, 0) is 57.7 Å². The van der Waals surface area contributed by atoms with Crippen LogP contribution in [-0.2, 0) is 6.42 Å². The summed E-state index contributed by atoms with van der Waals surface area (Å²) in [5.41, 5.74) is 0.854. The molecule has 18 heavy (non-hydrogen) atoms. The lowest BCUT2D eigenvalue weighted by Crippen LogP contribution is -2.37. The molecule has 0 bridgehead atoms. The molecular formula is C15H23ClFN. The average molecular weight is 272 g/mol. The van der Waals surface area contributed by atoms with Crippen LogP contribution < -0.4 is 5.32 Å². The Balaban J connectivity index is 2.45. The fourth-order valence-corrected chi connectivity index (χ4v) is 2.07. The predicted molar refractivity (Wildman–Crippen MR) is 76.7 cm³/mol. The maximum absolute atomic E-state index is 13.7. The molecule has 1 unspecified atom stereocenters. The first-order valence-corrected chi connectivity index (χ1v) is 6.85. The summed E-state index contributed by atoms with van der Waals surface area (Å²) in [7, 11) is 0. The zero-order valence-electron chi connectivity index (χ0n) is 11.7. The molecule has 3 heteroatoms. The van der Waals surface area contributed by atoms with Gasteiger partial charge in [-0.3, -0.25) is 0 Å². The predicted octanol–water partition coefficient (Wildman–Crippen LogP) is 4.44. The van der Waals surface area contributed by atoms with Crippen LogP contribution in [0.1, 0.15) is 39.7 Å². The van der Waals surface area contributed by atoms with Crippen molar-refractivity contribution in [1.82, 2.24) is 5.32 Å². The van der Waals surface area contributed by atoms with Gasteiger partial charge in [0.15, 0.2) is 0 Å². The molecule has 0 saturated carbocycles. The first kappa shape index (κ1) is 15.5. The zero-order valence-corrected chi connectivity index (χ0v) is 12.4. The molecule has 0 fully saturated rings. The first-order chi connectivity index (χ1) is 8.29. The third kappa shape index (κ3) is 5.36. The maximum atomic E-state index is 13.7. The van der Waals surface area contributed by atoms with Crippen molar-refractivity contribution in [2.45, 2.75) is 46.1 Å². The summed E-state index contributed by atoms with van der Waals surface area (Å²) in [4.78, 5) is 0. The minimum Gasteiger partial charge on any atom is -0.312 e. The zero-order chi connectivity index (χ0) is 13.8. The fourth-order valence-electron chi connectivity index (χ4n) is 1.88. The lowest BCUT2D eigenvalue weighted by atomic mass is 9.97. The van der Waals surface area contributed by atoms with Crippen molar-refractivity contribution < 1.29 is 4.39 Å². The first-order valence-electron chi connectivity index (χ1n) is 6.47. The van der Waals surface area contributed by atoms with E-state index in [1.165, 1.54) is 0 Å². The highest BCUT2D eigenvalue weighted by atomic mass is 35.5. The van der Waals surface area contributed by atoms with E-state index in [2.05, 4.69) is 33.0 Å². The molecule has 0 saturated heterocycles. The third-order valence-corrected chi connectivity index (χ3v) is 3.18. The molecule has 0 heterocycles. The molecule has 102 valence electrons. The minimum atomic E-state index is -0.269. The fraction of sp³-hybridized carbons (Fsp3) is 0.600. The van der Waals surface area contributed by atoms with Crippen LogP contribution in [0.4, 0.5) is 4.39 Å². The topological polar surface area (TPSA) is 12.0 Å². The molecule has 1 N–H and O–H groups in total.